The van der Waals surface area contributed by atoms with Crippen LogP contribution in [0, 0.1) is 23.0 Å². The van der Waals surface area contributed by atoms with Crippen molar-refractivity contribution in [2.45, 2.75) is 19.3 Å². The molecule has 0 spiro atoms. The van der Waals surface area contributed by atoms with E-state index in [-0.39, 0.29) is 11.5 Å². The number of aromatic amines is 1. The predicted molar refractivity (Wildman–Crippen MR) is 62.6 cm³/mol. The molecular formula is C13H11F2N3. The lowest BCUT2D eigenvalue weighted by Gasteiger charge is -2.02. The number of nitrogens with one attached hydrogen (secondary N) is 1. The van der Waals surface area contributed by atoms with Gasteiger partial charge in [-0.05, 0) is 18.6 Å². The Balaban J connectivity index is 2.38. The van der Waals surface area contributed by atoms with Crippen LogP contribution < -0.4 is 0 Å². The minimum atomic E-state index is -0.657. The second-order valence-corrected chi connectivity index (χ2v) is 3.90. The van der Waals surface area contributed by atoms with Crippen molar-refractivity contribution in [1.82, 2.24) is 9.97 Å². The van der Waals surface area contributed by atoms with Crippen molar-refractivity contribution in [1.29, 1.82) is 5.26 Å². The SMILES string of the molecule is CCC(C#N)c1ncc(-c2ccc(F)cc2F)[nH]1. The summed E-state index contributed by atoms with van der Waals surface area (Å²) in [6.45, 7) is 1.87. The fraction of sp³-hybridized carbons (Fsp3) is 0.231. The van der Waals surface area contributed by atoms with E-state index in [0.717, 1.165) is 6.07 Å². The van der Waals surface area contributed by atoms with E-state index in [0.29, 0.717) is 17.9 Å². The number of aromatic nitrogens is 2. The third-order valence-corrected chi connectivity index (χ3v) is 2.71. The molecule has 0 saturated carbocycles. The maximum Gasteiger partial charge on any atom is 0.135 e. The predicted octanol–water partition coefficient (Wildman–Crippen LogP) is 3.37. The molecule has 0 aliphatic carbocycles. The molecular weight excluding hydrogens is 236 g/mol. The summed E-state index contributed by atoms with van der Waals surface area (Å²) in [5.74, 6) is -1.13. The lowest BCUT2D eigenvalue weighted by molar-refractivity contribution is 0.585. The maximum absolute atomic E-state index is 13.6. The Kier molecular flexibility index (Phi) is 3.38. The van der Waals surface area contributed by atoms with Crippen molar-refractivity contribution < 1.29 is 8.78 Å². The summed E-state index contributed by atoms with van der Waals surface area (Å²) in [7, 11) is 0. The van der Waals surface area contributed by atoms with Crippen LogP contribution in [0.4, 0.5) is 8.78 Å². The maximum atomic E-state index is 13.6. The van der Waals surface area contributed by atoms with Gasteiger partial charge in [-0.1, -0.05) is 6.92 Å². The first-order valence-electron chi connectivity index (χ1n) is 5.55. The van der Waals surface area contributed by atoms with Crippen molar-refractivity contribution in [3.63, 3.8) is 0 Å². The van der Waals surface area contributed by atoms with Gasteiger partial charge in [-0.15, -0.1) is 0 Å². The molecule has 1 heterocycles. The molecule has 5 heteroatoms. The van der Waals surface area contributed by atoms with Crippen LogP contribution in [-0.4, -0.2) is 9.97 Å². The van der Waals surface area contributed by atoms with E-state index >= 15 is 0 Å². The normalized spacial score (nSPS) is 12.1. The number of halogens is 2. The largest absolute Gasteiger partial charge is 0.341 e. The first kappa shape index (κ1) is 12.2. The van der Waals surface area contributed by atoms with Gasteiger partial charge in [0.05, 0.1) is 18.0 Å². The van der Waals surface area contributed by atoms with Crippen molar-refractivity contribution in [2.75, 3.05) is 0 Å². The highest BCUT2D eigenvalue weighted by Crippen LogP contribution is 2.24. The van der Waals surface area contributed by atoms with Gasteiger partial charge in [0.15, 0.2) is 0 Å². The Bertz CT molecular complexity index is 599. The number of imidazole rings is 1. The number of nitriles is 1. The van der Waals surface area contributed by atoms with Gasteiger partial charge in [-0.3, -0.25) is 0 Å². The fourth-order valence-electron chi connectivity index (χ4n) is 1.70. The van der Waals surface area contributed by atoms with E-state index < -0.39 is 11.6 Å². The Labute approximate surface area is 103 Å². The van der Waals surface area contributed by atoms with E-state index in [1.807, 2.05) is 6.92 Å². The molecule has 0 saturated heterocycles. The zero-order valence-corrected chi connectivity index (χ0v) is 9.74. The summed E-state index contributed by atoms with van der Waals surface area (Å²) in [5, 5.41) is 8.92. The van der Waals surface area contributed by atoms with E-state index in [4.69, 9.17) is 5.26 Å². The number of benzene rings is 1. The smallest absolute Gasteiger partial charge is 0.135 e. The number of nitrogens with zero attached hydrogens (tertiary/aromatic N) is 2. The van der Waals surface area contributed by atoms with Crippen molar-refractivity contribution in [3.05, 3.63) is 41.9 Å². The van der Waals surface area contributed by atoms with Crippen LogP contribution in [0.5, 0.6) is 0 Å². The van der Waals surface area contributed by atoms with Gasteiger partial charge >= 0.3 is 0 Å². The van der Waals surface area contributed by atoms with E-state index in [9.17, 15) is 8.78 Å². The average Bonchev–Trinajstić information content (AvgIpc) is 2.80. The van der Waals surface area contributed by atoms with Gasteiger partial charge in [-0.2, -0.15) is 5.26 Å². The summed E-state index contributed by atoms with van der Waals surface area (Å²) in [4.78, 5) is 6.96. The van der Waals surface area contributed by atoms with E-state index in [2.05, 4.69) is 16.0 Å². The monoisotopic (exact) mass is 247 g/mol. The topological polar surface area (TPSA) is 52.5 Å². The minimum absolute atomic E-state index is 0.239. The molecule has 92 valence electrons. The first-order chi connectivity index (χ1) is 8.65. The van der Waals surface area contributed by atoms with Crippen LogP contribution in [0.25, 0.3) is 11.3 Å². The zero-order chi connectivity index (χ0) is 13.1. The van der Waals surface area contributed by atoms with Crippen molar-refractivity contribution >= 4 is 0 Å². The van der Waals surface area contributed by atoms with Crippen LogP contribution in [0.1, 0.15) is 25.1 Å². The molecule has 2 rings (SSSR count). The van der Waals surface area contributed by atoms with Crippen LogP contribution in [0.3, 0.4) is 0 Å². The Hall–Kier alpha value is -2.22. The molecule has 18 heavy (non-hydrogen) atoms. The van der Waals surface area contributed by atoms with Gasteiger partial charge < -0.3 is 4.98 Å². The third kappa shape index (κ3) is 2.23. The molecule has 0 aliphatic heterocycles. The molecule has 1 unspecified atom stereocenters. The Morgan fingerprint density at radius 2 is 2.22 bits per heavy atom. The van der Waals surface area contributed by atoms with Crippen molar-refractivity contribution in [3.8, 4) is 17.3 Å². The molecule has 1 aromatic carbocycles. The van der Waals surface area contributed by atoms with Gasteiger partial charge in [0.2, 0.25) is 0 Å². The number of hydrogen-bond acceptors (Lipinski definition) is 2. The van der Waals surface area contributed by atoms with Crippen LogP contribution in [-0.2, 0) is 0 Å². The highest BCUT2D eigenvalue weighted by molar-refractivity contribution is 5.59. The molecule has 0 bridgehead atoms. The van der Waals surface area contributed by atoms with Gasteiger partial charge in [0, 0.05) is 11.6 Å². The minimum Gasteiger partial charge on any atom is -0.341 e. The van der Waals surface area contributed by atoms with E-state index in [1.54, 1.807) is 0 Å². The first-order valence-corrected chi connectivity index (χ1v) is 5.55. The summed E-state index contributed by atoms with van der Waals surface area (Å²) < 4.78 is 26.4. The third-order valence-electron chi connectivity index (χ3n) is 2.71. The fourth-order valence-corrected chi connectivity index (χ4v) is 1.70. The van der Waals surface area contributed by atoms with Crippen molar-refractivity contribution in [2.24, 2.45) is 0 Å². The van der Waals surface area contributed by atoms with Gasteiger partial charge in [0.25, 0.3) is 0 Å². The van der Waals surface area contributed by atoms with E-state index in [1.165, 1.54) is 18.3 Å². The summed E-state index contributed by atoms with van der Waals surface area (Å²) >= 11 is 0. The molecule has 0 radical (unpaired) electrons. The van der Waals surface area contributed by atoms with Gasteiger partial charge in [-0.25, -0.2) is 13.8 Å². The molecule has 0 amide bonds. The molecule has 1 atom stereocenters. The summed E-state index contributed by atoms with van der Waals surface area (Å²) in [6.07, 6.45) is 2.07. The number of rotatable bonds is 3. The molecule has 2 aromatic rings. The van der Waals surface area contributed by atoms with Crippen LogP contribution >= 0.6 is 0 Å². The second kappa shape index (κ2) is 4.96. The zero-order valence-electron chi connectivity index (χ0n) is 9.74. The molecule has 3 nitrogen and oxygen atoms in total. The lowest BCUT2D eigenvalue weighted by Crippen LogP contribution is -1.96. The number of H-pyrrole nitrogens is 1. The average molecular weight is 247 g/mol. The standard InChI is InChI=1S/C13H11F2N3/c1-2-8(6-16)13-17-7-12(18-13)10-4-3-9(14)5-11(10)15/h3-5,7-8H,2H2,1H3,(H,17,18). The molecule has 1 N–H and O–H groups in total. The Morgan fingerprint density at radius 3 is 2.83 bits per heavy atom. The van der Waals surface area contributed by atoms with Crippen LogP contribution in [0.2, 0.25) is 0 Å². The molecule has 1 aromatic heterocycles. The summed E-state index contributed by atoms with van der Waals surface area (Å²) in [5.41, 5.74) is 0.680. The molecule has 0 fully saturated rings. The second-order valence-electron chi connectivity index (χ2n) is 3.90. The lowest BCUT2D eigenvalue weighted by atomic mass is 10.1. The Morgan fingerprint density at radius 1 is 1.44 bits per heavy atom. The number of hydrogen-bond donors (Lipinski definition) is 1. The highest BCUT2D eigenvalue weighted by Gasteiger charge is 2.14. The van der Waals surface area contributed by atoms with Crippen LogP contribution in [0.15, 0.2) is 24.4 Å². The van der Waals surface area contributed by atoms with Gasteiger partial charge in [0.1, 0.15) is 23.4 Å². The summed E-state index contributed by atoms with van der Waals surface area (Å²) in [6, 6.07) is 5.45. The molecule has 0 aliphatic rings. The highest BCUT2D eigenvalue weighted by atomic mass is 19.1. The quantitative estimate of drug-likeness (QED) is 0.904.